The molecule has 0 saturated heterocycles. The number of aliphatic carboxylic acids is 1. The van der Waals surface area contributed by atoms with E-state index in [0.29, 0.717) is 5.69 Å². The van der Waals surface area contributed by atoms with Gasteiger partial charge in [0.2, 0.25) is 10.0 Å². The summed E-state index contributed by atoms with van der Waals surface area (Å²) in [6, 6.07) is 4.17. The molecule has 0 fully saturated rings. The highest BCUT2D eigenvalue weighted by molar-refractivity contribution is 7.92. The monoisotopic (exact) mass is 271 g/mol. The quantitative estimate of drug-likeness (QED) is 0.901. The molecule has 0 bridgehead atoms. The SMILES string of the molecule is Cc1ccc(C)c(N(C(C)C(=O)O)S(C)(=O)=O)c1. The second kappa shape index (κ2) is 4.97. The van der Waals surface area contributed by atoms with Crippen molar-refractivity contribution in [2.75, 3.05) is 10.6 Å². The average Bonchev–Trinajstić information content (AvgIpc) is 2.21. The first-order chi connectivity index (χ1) is 8.14. The number of carbonyl (C=O) groups is 1. The molecule has 6 heteroatoms. The highest BCUT2D eigenvalue weighted by Crippen LogP contribution is 2.26. The molecule has 0 amide bonds. The Kier molecular flexibility index (Phi) is 4.01. The Balaban J connectivity index is 3.45. The smallest absolute Gasteiger partial charge is 0.327 e. The van der Waals surface area contributed by atoms with Crippen LogP contribution in [0.25, 0.3) is 0 Å². The molecule has 1 aromatic carbocycles. The van der Waals surface area contributed by atoms with Gasteiger partial charge in [-0.15, -0.1) is 0 Å². The van der Waals surface area contributed by atoms with Crippen LogP contribution in [0.3, 0.4) is 0 Å². The second-order valence-corrected chi connectivity index (χ2v) is 6.22. The number of carboxylic acids is 1. The van der Waals surface area contributed by atoms with E-state index in [-0.39, 0.29) is 0 Å². The molecule has 1 unspecified atom stereocenters. The summed E-state index contributed by atoms with van der Waals surface area (Å²) in [5, 5.41) is 9.03. The summed E-state index contributed by atoms with van der Waals surface area (Å²) in [7, 11) is -3.65. The first-order valence-electron chi connectivity index (χ1n) is 5.44. The van der Waals surface area contributed by atoms with Crippen LogP contribution in [-0.2, 0) is 14.8 Å². The Labute approximate surface area is 107 Å². The summed E-state index contributed by atoms with van der Waals surface area (Å²) < 4.78 is 24.5. The Morgan fingerprint density at radius 1 is 1.33 bits per heavy atom. The van der Waals surface area contributed by atoms with E-state index in [0.717, 1.165) is 21.7 Å². The van der Waals surface area contributed by atoms with Gasteiger partial charge < -0.3 is 5.11 Å². The van der Waals surface area contributed by atoms with Crippen LogP contribution in [0.1, 0.15) is 18.1 Å². The number of hydrogen-bond donors (Lipinski definition) is 1. The minimum absolute atomic E-state index is 0.410. The molecular formula is C12H17NO4S. The van der Waals surface area contributed by atoms with E-state index >= 15 is 0 Å². The highest BCUT2D eigenvalue weighted by Gasteiger charge is 2.29. The Bertz CT molecular complexity index is 565. The van der Waals surface area contributed by atoms with Gasteiger partial charge in [-0.3, -0.25) is 4.31 Å². The predicted molar refractivity (Wildman–Crippen MR) is 70.3 cm³/mol. The molecule has 1 N–H and O–H groups in total. The van der Waals surface area contributed by atoms with Crippen LogP contribution in [-0.4, -0.2) is 31.8 Å². The van der Waals surface area contributed by atoms with Gasteiger partial charge in [-0.25, -0.2) is 13.2 Å². The van der Waals surface area contributed by atoms with Crippen LogP contribution < -0.4 is 4.31 Å². The third kappa shape index (κ3) is 3.01. The van der Waals surface area contributed by atoms with Crippen LogP contribution in [0.15, 0.2) is 18.2 Å². The first kappa shape index (κ1) is 14.5. The lowest BCUT2D eigenvalue weighted by Crippen LogP contribution is -2.43. The van der Waals surface area contributed by atoms with Crippen molar-refractivity contribution in [1.82, 2.24) is 0 Å². The summed E-state index contributed by atoms with van der Waals surface area (Å²) in [4.78, 5) is 11.1. The van der Waals surface area contributed by atoms with E-state index < -0.39 is 22.0 Å². The summed E-state index contributed by atoms with van der Waals surface area (Å²) in [5.41, 5.74) is 2.01. The van der Waals surface area contributed by atoms with E-state index in [1.165, 1.54) is 6.92 Å². The van der Waals surface area contributed by atoms with E-state index in [9.17, 15) is 13.2 Å². The lowest BCUT2D eigenvalue weighted by atomic mass is 10.1. The topological polar surface area (TPSA) is 74.7 Å². The molecule has 0 aliphatic rings. The molecule has 0 heterocycles. The average molecular weight is 271 g/mol. The fourth-order valence-electron chi connectivity index (χ4n) is 1.73. The lowest BCUT2D eigenvalue weighted by molar-refractivity contribution is -0.137. The lowest BCUT2D eigenvalue weighted by Gasteiger charge is -2.27. The number of nitrogens with zero attached hydrogens (tertiary/aromatic N) is 1. The molecule has 0 aliphatic heterocycles. The third-order valence-electron chi connectivity index (χ3n) is 2.67. The summed E-state index contributed by atoms with van der Waals surface area (Å²) >= 11 is 0. The summed E-state index contributed by atoms with van der Waals surface area (Å²) in [6.45, 7) is 4.93. The van der Waals surface area contributed by atoms with E-state index in [2.05, 4.69) is 0 Å². The largest absolute Gasteiger partial charge is 0.480 e. The minimum atomic E-state index is -3.65. The number of anilines is 1. The number of rotatable bonds is 4. The van der Waals surface area contributed by atoms with Gasteiger partial charge in [-0.1, -0.05) is 12.1 Å². The van der Waals surface area contributed by atoms with Crippen molar-refractivity contribution >= 4 is 21.7 Å². The zero-order chi connectivity index (χ0) is 14.1. The standard InChI is InChI=1S/C12H17NO4S/c1-8-5-6-9(2)11(7-8)13(18(4,16)17)10(3)12(14)15/h5-7,10H,1-4H3,(H,14,15). The molecule has 100 valence electrons. The fraction of sp³-hybridized carbons (Fsp3) is 0.417. The van der Waals surface area contributed by atoms with E-state index in [1.54, 1.807) is 19.1 Å². The number of sulfonamides is 1. The number of hydrogen-bond acceptors (Lipinski definition) is 3. The van der Waals surface area contributed by atoms with Crippen LogP contribution in [0, 0.1) is 13.8 Å². The van der Waals surface area contributed by atoms with Crippen molar-refractivity contribution < 1.29 is 18.3 Å². The van der Waals surface area contributed by atoms with Crippen LogP contribution in [0.5, 0.6) is 0 Å². The van der Waals surface area contributed by atoms with Crippen molar-refractivity contribution in [2.45, 2.75) is 26.8 Å². The van der Waals surface area contributed by atoms with Gasteiger partial charge in [0.15, 0.2) is 0 Å². The normalized spacial score (nSPS) is 13.1. The Morgan fingerprint density at radius 2 is 1.89 bits per heavy atom. The summed E-state index contributed by atoms with van der Waals surface area (Å²) in [5.74, 6) is -1.18. The highest BCUT2D eigenvalue weighted by atomic mass is 32.2. The molecule has 0 saturated carbocycles. The van der Waals surface area contributed by atoms with Crippen molar-refractivity contribution in [2.24, 2.45) is 0 Å². The zero-order valence-corrected chi connectivity index (χ0v) is 11.7. The van der Waals surface area contributed by atoms with Gasteiger partial charge in [0.05, 0.1) is 11.9 Å². The minimum Gasteiger partial charge on any atom is -0.480 e. The number of benzene rings is 1. The van der Waals surface area contributed by atoms with Crippen molar-refractivity contribution in [3.05, 3.63) is 29.3 Å². The summed E-state index contributed by atoms with van der Waals surface area (Å²) in [6.07, 6.45) is 1.01. The predicted octanol–water partition coefficient (Wildman–Crippen LogP) is 1.54. The molecule has 0 aromatic heterocycles. The molecule has 0 aliphatic carbocycles. The molecule has 18 heavy (non-hydrogen) atoms. The van der Waals surface area contributed by atoms with Gasteiger partial charge in [0, 0.05) is 0 Å². The maximum atomic E-state index is 11.8. The Morgan fingerprint density at radius 3 is 2.33 bits per heavy atom. The number of carboxylic acid groups (broad SMARTS) is 1. The molecule has 1 atom stereocenters. The van der Waals surface area contributed by atoms with Gasteiger partial charge in [-0.2, -0.15) is 0 Å². The Hall–Kier alpha value is -1.56. The van der Waals surface area contributed by atoms with Crippen molar-refractivity contribution in [3.8, 4) is 0 Å². The number of aryl methyl sites for hydroxylation is 2. The van der Waals surface area contributed by atoms with Crippen LogP contribution in [0.4, 0.5) is 5.69 Å². The van der Waals surface area contributed by atoms with Gasteiger partial charge in [0.1, 0.15) is 6.04 Å². The fourth-order valence-corrected chi connectivity index (χ4v) is 2.95. The molecule has 0 radical (unpaired) electrons. The molecule has 0 spiro atoms. The van der Waals surface area contributed by atoms with E-state index in [1.807, 2.05) is 13.0 Å². The third-order valence-corrected chi connectivity index (χ3v) is 3.90. The van der Waals surface area contributed by atoms with Gasteiger partial charge >= 0.3 is 5.97 Å². The molecular weight excluding hydrogens is 254 g/mol. The second-order valence-electron chi connectivity index (χ2n) is 4.36. The van der Waals surface area contributed by atoms with Crippen molar-refractivity contribution in [3.63, 3.8) is 0 Å². The molecule has 1 aromatic rings. The van der Waals surface area contributed by atoms with Gasteiger partial charge in [0.25, 0.3) is 0 Å². The van der Waals surface area contributed by atoms with Crippen LogP contribution in [0.2, 0.25) is 0 Å². The first-order valence-corrected chi connectivity index (χ1v) is 7.29. The van der Waals surface area contributed by atoms with Crippen LogP contribution >= 0.6 is 0 Å². The van der Waals surface area contributed by atoms with Crippen molar-refractivity contribution in [1.29, 1.82) is 0 Å². The van der Waals surface area contributed by atoms with Gasteiger partial charge in [-0.05, 0) is 38.0 Å². The zero-order valence-electron chi connectivity index (χ0n) is 10.8. The van der Waals surface area contributed by atoms with E-state index in [4.69, 9.17) is 5.11 Å². The maximum absolute atomic E-state index is 11.8. The molecule has 5 nitrogen and oxygen atoms in total. The maximum Gasteiger partial charge on any atom is 0.327 e. The molecule has 1 rings (SSSR count).